The highest BCUT2D eigenvalue weighted by Gasteiger charge is 2.12. The van der Waals surface area contributed by atoms with E-state index in [1.807, 2.05) is 38.7 Å². The van der Waals surface area contributed by atoms with Gasteiger partial charge in [0, 0.05) is 18.0 Å². The van der Waals surface area contributed by atoms with Crippen molar-refractivity contribution in [2.75, 3.05) is 6.54 Å². The quantitative estimate of drug-likeness (QED) is 0.426. The lowest BCUT2D eigenvalue weighted by molar-refractivity contribution is 0.136. The summed E-state index contributed by atoms with van der Waals surface area (Å²) in [7, 11) is 0. The Labute approximate surface area is 103 Å². The molecule has 1 aliphatic heterocycles. The lowest BCUT2D eigenvalue weighted by atomic mass is 10.3. The van der Waals surface area contributed by atoms with Crippen LogP contribution in [-0.4, -0.2) is 47.5 Å². The summed E-state index contributed by atoms with van der Waals surface area (Å²) in [6, 6.07) is 0.250. The van der Waals surface area contributed by atoms with Gasteiger partial charge in [-0.15, -0.1) is 0 Å². The summed E-state index contributed by atoms with van der Waals surface area (Å²) in [5.74, 6) is 0. The number of hydrogen-bond acceptors (Lipinski definition) is 4. The van der Waals surface area contributed by atoms with E-state index in [0.29, 0.717) is 6.54 Å². The number of allylic oxidation sites excluding steroid dienone is 2. The third-order valence-electron chi connectivity index (χ3n) is 2.44. The predicted molar refractivity (Wildman–Crippen MR) is 71.2 cm³/mol. The van der Waals surface area contributed by atoms with Crippen molar-refractivity contribution in [3.8, 4) is 0 Å². The number of hydrogen-bond donors (Lipinski definition) is 2. The van der Waals surface area contributed by atoms with E-state index in [9.17, 15) is 5.11 Å². The van der Waals surface area contributed by atoms with Crippen molar-refractivity contribution >= 4 is 12.6 Å². The minimum atomic E-state index is -0.598. The second-order valence-electron chi connectivity index (χ2n) is 4.46. The predicted octanol–water partition coefficient (Wildman–Crippen LogP) is 0.967. The summed E-state index contributed by atoms with van der Waals surface area (Å²) >= 11 is 0. The van der Waals surface area contributed by atoms with Crippen molar-refractivity contribution in [1.29, 1.82) is 0 Å². The van der Waals surface area contributed by atoms with Gasteiger partial charge < -0.3 is 10.0 Å². The van der Waals surface area contributed by atoms with Crippen LogP contribution < -0.4 is 5.32 Å². The Bertz CT molecular complexity index is 322. The van der Waals surface area contributed by atoms with Gasteiger partial charge in [0.15, 0.2) is 0 Å². The molecule has 17 heavy (non-hydrogen) atoms. The van der Waals surface area contributed by atoms with Gasteiger partial charge in [-0.25, -0.2) is 0 Å². The minimum Gasteiger partial charge on any atom is -0.377 e. The topological polar surface area (TPSA) is 60.2 Å². The van der Waals surface area contributed by atoms with Crippen LogP contribution in [0.3, 0.4) is 0 Å². The fourth-order valence-electron chi connectivity index (χ4n) is 1.59. The van der Waals surface area contributed by atoms with E-state index < -0.39 is 6.23 Å². The second kappa shape index (κ2) is 6.51. The zero-order valence-corrected chi connectivity index (χ0v) is 11.0. The summed E-state index contributed by atoms with van der Waals surface area (Å²) in [4.78, 5) is 10.5. The lowest BCUT2D eigenvalue weighted by Gasteiger charge is -2.27. The average molecular weight is 238 g/mol. The van der Waals surface area contributed by atoms with Gasteiger partial charge in [0.05, 0.1) is 12.9 Å². The second-order valence-corrected chi connectivity index (χ2v) is 4.46. The van der Waals surface area contributed by atoms with Gasteiger partial charge in [-0.05, 0) is 33.8 Å². The van der Waals surface area contributed by atoms with Gasteiger partial charge in [-0.2, -0.15) is 0 Å². The van der Waals surface area contributed by atoms with Crippen molar-refractivity contribution in [2.45, 2.75) is 46.1 Å². The normalized spacial score (nSPS) is 22.4. The van der Waals surface area contributed by atoms with E-state index in [-0.39, 0.29) is 12.2 Å². The highest BCUT2D eigenvalue weighted by molar-refractivity contribution is 5.75. The van der Waals surface area contributed by atoms with E-state index in [2.05, 4.69) is 15.3 Å². The summed E-state index contributed by atoms with van der Waals surface area (Å²) in [5, 5.41) is 12.6. The van der Waals surface area contributed by atoms with E-state index in [1.165, 1.54) is 0 Å². The molecule has 5 heteroatoms. The molecule has 0 bridgehead atoms. The van der Waals surface area contributed by atoms with E-state index in [4.69, 9.17) is 0 Å². The van der Waals surface area contributed by atoms with Crippen LogP contribution in [0.2, 0.25) is 0 Å². The van der Waals surface area contributed by atoms with Crippen molar-refractivity contribution < 1.29 is 5.11 Å². The van der Waals surface area contributed by atoms with Gasteiger partial charge >= 0.3 is 0 Å². The van der Waals surface area contributed by atoms with Crippen LogP contribution in [0.25, 0.3) is 0 Å². The van der Waals surface area contributed by atoms with Gasteiger partial charge in [0.2, 0.25) is 0 Å². The highest BCUT2D eigenvalue weighted by atomic mass is 16.3. The number of rotatable bonds is 5. The van der Waals surface area contributed by atoms with Crippen molar-refractivity contribution in [1.82, 2.24) is 10.2 Å². The van der Waals surface area contributed by atoms with Crippen LogP contribution in [0, 0.1) is 0 Å². The zero-order valence-electron chi connectivity index (χ0n) is 11.0. The van der Waals surface area contributed by atoms with Crippen LogP contribution in [0.15, 0.2) is 21.8 Å². The largest absolute Gasteiger partial charge is 0.377 e. The molecular weight excluding hydrogens is 216 g/mol. The Balaban J connectivity index is 2.43. The Hall–Kier alpha value is -1.20. The highest BCUT2D eigenvalue weighted by Crippen LogP contribution is 2.10. The average Bonchev–Trinajstić information content (AvgIpc) is 2.21. The fourth-order valence-corrected chi connectivity index (χ4v) is 1.59. The summed E-state index contributed by atoms with van der Waals surface area (Å²) in [6.07, 6.45) is 4.95. The number of aliphatic hydroxyl groups is 1. The molecule has 0 radical (unpaired) electrons. The molecule has 1 aliphatic rings. The molecule has 2 unspecified atom stereocenters. The molecule has 5 nitrogen and oxygen atoms in total. The van der Waals surface area contributed by atoms with Crippen molar-refractivity contribution in [2.24, 2.45) is 9.98 Å². The number of nitrogens with zero attached hydrogens (tertiary/aromatic N) is 3. The van der Waals surface area contributed by atoms with Crippen LogP contribution >= 0.6 is 0 Å². The molecule has 0 saturated heterocycles. The molecule has 0 saturated carbocycles. The molecule has 96 valence electrons. The first kappa shape index (κ1) is 13.9. The number of aliphatic hydroxyl groups excluding tert-OH is 1. The van der Waals surface area contributed by atoms with Gasteiger partial charge in [0.25, 0.3) is 0 Å². The molecule has 0 aromatic heterocycles. The Morgan fingerprint density at radius 1 is 1.65 bits per heavy atom. The molecule has 2 N–H and O–H groups in total. The van der Waals surface area contributed by atoms with Crippen LogP contribution in [-0.2, 0) is 0 Å². The molecule has 0 aromatic rings. The van der Waals surface area contributed by atoms with Gasteiger partial charge in [-0.1, -0.05) is 0 Å². The molecule has 1 rings (SSSR count). The van der Waals surface area contributed by atoms with Crippen molar-refractivity contribution in [3.63, 3.8) is 0 Å². The van der Waals surface area contributed by atoms with E-state index in [0.717, 1.165) is 5.70 Å². The summed E-state index contributed by atoms with van der Waals surface area (Å²) in [6.45, 7) is 8.33. The van der Waals surface area contributed by atoms with Crippen LogP contribution in [0.1, 0.15) is 27.7 Å². The molecule has 0 amide bonds. The lowest BCUT2D eigenvalue weighted by Crippen LogP contribution is -2.37. The monoisotopic (exact) mass is 238 g/mol. The zero-order chi connectivity index (χ0) is 12.8. The standard InChI is InChI=1S/C12H22N4O/c1-9(2)15-12(17)7-13-8-16-10(3)5-6-14-11(16)4/h5-6,8-9,11-12,15,17H,7H2,1-4H3/b13-8-. The van der Waals surface area contributed by atoms with Crippen molar-refractivity contribution in [3.05, 3.63) is 11.8 Å². The molecule has 0 spiro atoms. The first-order chi connectivity index (χ1) is 8.00. The fraction of sp³-hybridized carbons (Fsp3) is 0.667. The van der Waals surface area contributed by atoms with Crippen LogP contribution in [0.5, 0.6) is 0 Å². The third kappa shape index (κ3) is 4.66. The first-order valence-electron chi connectivity index (χ1n) is 5.93. The first-order valence-corrected chi connectivity index (χ1v) is 5.93. The minimum absolute atomic E-state index is 0.0685. The maximum atomic E-state index is 9.59. The maximum absolute atomic E-state index is 9.59. The van der Waals surface area contributed by atoms with Crippen LogP contribution in [0.4, 0.5) is 0 Å². The Morgan fingerprint density at radius 3 is 2.94 bits per heavy atom. The summed E-state index contributed by atoms with van der Waals surface area (Å²) in [5.41, 5.74) is 1.10. The maximum Gasteiger partial charge on any atom is 0.124 e. The molecule has 1 heterocycles. The van der Waals surface area contributed by atoms with E-state index in [1.54, 1.807) is 12.6 Å². The summed E-state index contributed by atoms with van der Waals surface area (Å²) < 4.78 is 0. The van der Waals surface area contributed by atoms with E-state index >= 15 is 0 Å². The molecular formula is C12H22N4O. The smallest absolute Gasteiger partial charge is 0.124 e. The third-order valence-corrected chi connectivity index (χ3v) is 2.44. The van der Waals surface area contributed by atoms with Gasteiger partial charge in [0.1, 0.15) is 12.4 Å². The molecule has 0 aliphatic carbocycles. The number of aliphatic imine (C=N–C) groups is 2. The Morgan fingerprint density at radius 2 is 2.35 bits per heavy atom. The number of nitrogens with one attached hydrogen (secondary N) is 1. The molecule has 2 atom stereocenters. The Kier molecular flexibility index (Phi) is 5.31. The molecule has 0 aromatic carbocycles. The van der Waals surface area contributed by atoms with Gasteiger partial charge in [-0.3, -0.25) is 15.3 Å². The SMILES string of the molecule is CC1=CC=NC(C)N1/C=N\CC(O)NC(C)C. The molecule has 0 fully saturated rings.